The number of benzene rings is 2. The first-order chi connectivity index (χ1) is 13.1. The third-order valence-corrected chi connectivity index (χ3v) is 4.15. The first kappa shape index (κ1) is 18.6. The monoisotopic (exact) mass is 359 g/mol. The first-order valence-electron chi connectivity index (χ1n) is 9.18. The molecule has 3 rings (SSSR count). The highest BCUT2D eigenvalue weighted by atomic mass is 16.5. The molecule has 2 aromatic carbocycles. The van der Waals surface area contributed by atoms with Crippen molar-refractivity contribution < 1.29 is 4.74 Å². The smallest absolute Gasteiger partial charge is 0.135 e. The second-order valence-corrected chi connectivity index (χ2v) is 6.85. The Morgan fingerprint density at radius 3 is 2.44 bits per heavy atom. The number of nitrogens with one attached hydrogen (secondary N) is 2. The van der Waals surface area contributed by atoms with Crippen LogP contribution < -0.4 is 10.1 Å². The van der Waals surface area contributed by atoms with E-state index in [9.17, 15) is 0 Å². The van der Waals surface area contributed by atoms with Crippen LogP contribution in [0.1, 0.15) is 30.5 Å². The fourth-order valence-electron chi connectivity index (χ4n) is 2.66. The highest BCUT2D eigenvalue weighted by molar-refractivity contribution is 6.13. The van der Waals surface area contributed by atoms with E-state index in [1.807, 2.05) is 66.7 Å². The van der Waals surface area contributed by atoms with E-state index in [0.29, 0.717) is 18.2 Å². The molecule has 0 spiro atoms. The number of hydrogen-bond acceptors (Lipinski definition) is 4. The third-order valence-electron chi connectivity index (χ3n) is 4.15. The molecule has 1 heterocycles. The quantitative estimate of drug-likeness (QED) is 0.547. The van der Waals surface area contributed by atoms with Gasteiger partial charge >= 0.3 is 0 Å². The Labute approximate surface area is 160 Å². The Morgan fingerprint density at radius 2 is 1.74 bits per heavy atom. The molecule has 138 valence electrons. The van der Waals surface area contributed by atoms with Gasteiger partial charge in [-0.15, -0.1) is 0 Å². The molecule has 0 atom stereocenters. The van der Waals surface area contributed by atoms with E-state index in [1.165, 1.54) is 0 Å². The fraction of sp³-hybridized carbons (Fsp3) is 0.217. The molecule has 0 saturated heterocycles. The summed E-state index contributed by atoms with van der Waals surface area (Å²) in [6, 6.07) is 21.5. The van der Waals surface area contributed by atoms with Crippen molar-refractivity contribution in [3.63, 3.8) is 0 Å². The van der Waals surface area contributed by atoms with Gasteiger partial charge in [-0.2, -0.15) is 0 Å². The molecule has 0 radical (unpaired) electrons. The van der Waals surface area contributed by atoms with Crippen molar-refractivity contribution in [2.45, 2.75) is 20.5 Å². The van der Waals surface area contributed by atoms with Gasteiger partial charge in [0.05, 0.1) is 5.71 Å². The second kappa shape index (κ2) is 8.99. The minimum Gasteiger partial charge on any atom is -0.489 e. The van der Waals surface area contributed by atoms with Gasteiger partial charge in [0.1, 0.15) is 18.2 Å². The molecule has 2 N–H and O–H groups in total. The Kier molecular flexibility index (Phi) is 6.21. The van der Waals surface area contributed by atoms with Crippen molar-refractivity contribution in [2.24, 2.45) is 5.92 Å². The Morgan fingerprint density at radius 1 is 1.00 bits per heavy atom. The molecule has 0 amide bonds. The zero-order chi connectivity index (χ0) is 19.1. The van der Waals surface area contributed by atoms with Crippen molar-refractivity contribution >= 4 is 11.5 Å². The normalized spacial score (nSPS) is 10.6. The van der Waals surface area contributed by atoms with Crippen molar-refractivity contribution in [1.29, 1.82) is 5.41 Å². The minimum absolute atomic E-state index is 0.448. The number of ether oxygens (including phenoxy) is 1. The van der Waals surface area contributed by atoms with Crippen molar-refractivity contribution in [3.8, 4) is 5.75 Å². The van der Waals surface area contributed by atoms with Gasteiger partial charge in [0, 0.05) is 23.9 Å². The summed E-state index contributed by atoms with van der Waals surface area (Å²) in [6.07, 6.45) is 1.75. The maximum Gasteiger partial charge on any atom is 0.135 e. The van der Waals surface area contributed by atoms with Crippen LogP contribution in [0, 0.1) is 11.3 Å². The molecule has 0 aliphatic heterocycles. The molecule has 3 aromatic rings. The highest BCUT2D eigenvalue weighted by Gasteiger charge is 2.11. The summed E-state index contributed by atoms with van der Waals surface area (Å²) in [5.41, 5.74) is 3.22. The van der Waals surface area contributed by atoms with E-state index in [0.717, 1.165) is 34.8 Å². The van der Waals surface area contributed by atoms with Crippen LogP contribution in [-0.2, 0) is 6.61 Å². The molecule has 0 fully saturated rings. The van der Waals surface area contributed by atoms with E-state index in [1.54, 1.807) is 6.20 Å². The van der Waals surface area contributed by atoms with Crippen LogP contribution in [0.15, 0.2) is 72.9 Å². The molecular formula is C23H25N3O. The number of anilines is 1. The maximum absolute atomic E-state index is 8.58. The molecule has 27 heavy (non-hydrogen) atoms. The predicted molar refractivity (Wildman–Crippen MR) is 111 cm³/mol. The lowest BCUT2D eigenvalue weighted by atomic mass is 10.0. The Hall–Kier alpha value is -3.14. The molecule has 0 aliphatic carbocycles. The van der Waals surface area contributed by atoms with Crippen LogP contribution in [0.25, 0.3) is 0 Å². The summed E-state index contributed by atoms with van der Waals surface area (Å²) in [7, 11) is 0. The zero-order valence-corrected chi connectivity index (χ0v) is 15.8. The van der Waals surface area contributed by atoms with Gasteiger partial charge in [0.25, 0.3) is 0 Å². The average Bonchev–Trinajstić information content (AvgIpc) is 2.71. The molecule has 0 unspecified atom stereocenters. The van der Waals surface area contributed by atoms with Gasteiger partial charge in [-0.3, -0.25) is 5.41 Å². The number of hydrogen-bond donors (Lipinski definition) is 2. The van der Waals surface area contributed by atoms with Gasteiger partial charge in [-0.25, -0.2) is 4.98 Å². The molecule has 0 aliphatic rings. The van der Waals surface area contributed by atoms with Crippen molar-refractivity contribution in [2.75, 3.05) is 11.9 Å². The number of aromatic nitrogens is 1. The second-order valence-electron chi connectivity index (χ2n) is 6.85. The summed E-state index contributed by atoms with van der Waals surface area (Å²) in [5, 5.41) is 11.9. The molecule has 1 aromatic heterocycles. The molecule has 4 heteroatoms. The minimum atomic E-state index is 0.448. The molecule has 0 saturated carbocycles. The summed E-state index contributed by atoms with van der Waals surface area (Å²) >= 11 is 0. The van der Waals surface area contributed by atoms with Gasteiger partial charge in [0.15, 0.2) is 0 Å². The van der Waals surface area contributed by atoms with Crippen LogP contribution in [-0.4, -0.2) is 17.2 Å². The van der Waals surface area contributed by atoms with Gasteiger partial charge in [-0.05, 0) is 47.9 Å². The van der Waals surface area contributed by atoms with Crippen LogP contribution in [0.5, 0.6) is 5.75 Å². The topological polar surface area (TPSA) is 58.0 Å². The van der Waals surface area contributed by atoms with Gasteiger partial charge in [-0.1, -0.05) is 44.2 Å². The first-order valence-corrected chi connectivity index (χ1v) is 9.18. The largest absolute Gasteiger partial charge is 0.489 e. The van der Waals surface area contributed by atoms with Gasteiger partial charge < -0.3 is 10.1 Å². The van der Waals surface area contributed by atoms with Crippen LogP contribution in [0.4, 0.5) is 5.82 Å². The Balaban J connectivity index is 1.69. The van der Waals surface area contributed by atoms with E-state index in [4.69, 9.17) is 10.1 Å². The Bertz CT molecular complexity index is 874. The number of rotatable bonds is 8. The maximum atomic E-state index is 8.58. The SMILES string of the molecule is CC(C)CNc1ncccc1C(=N)c1ccc(OCc2ccccc2)cc1. The predicted octanol–water partition coefficient (Wildman–Crippen LogP) is 5.14. The van der Waals surface area contributed by atoms with E-state index < -0.39 is 0 Å². The lowest BCUT2D eigenvalue weighted by molar-refractivity contribution is 0.306. The third kappa shape index (κ3) is 5.17. The van der Waals surface area contributed by atoms with Gasteiger partial charge in [0.2, 0.25) is 0 Å². The van der Waals surface area contributed by atoms with Crippen LogP contribution in [0.2, 0.25) is 0 Å². The molecular weight excluding hydrogens is 334 g/mol. The van der Waals surface area contributed by atoms with Crippen LogP contribution in [0.3, 0.4) is 0 Å². The summed E-state index contributed by atoms with van der Waals surface area (Å²) in [6.45, 7) is 5.65. The number of nitrogens with zero attached hydrogens (tertiary/aromatic N) is 1. The fourth-order valence-corrected chi connectivity index (χ4v) is 2.66. The summed E-state index contributed by atoms with van der Waals surface area (Å²) in [5.74, 6) is 2.05. The zero-order valence-electron chi connectivity index (χ0n) is 15.8. The van der Waals surface area contributed by atoms with Crippen molar-refractivity contribution in [3.05, 3.63) is 89.6 Å². The standard InChI is InChI=1S/C23H25N3O/c1-17(2)15-26-23-21(9-6-14-25-23)22(24)19-10-12-20(13-11-19)27-16-18-7-4-3-5-8-18/h3-14,17,24H,15-16H2,1-2H3,(H,25,26). The number of pyridine rings is 1. The van der Waals surface area contributed by atoms with E-state index in [-0.39, 0.29) is 0 Å². The van der Waals surface area contributed by atoms with Crippen LogP contribution >= 0.6 is 0 Å². The van der Waals surface area contributed by atoms with Crippen molar-refractivity contribution in [1.82, 2.24) is 4.98 Å². The lowest BCUT2D eigenvalue weighted by Gasteiger charge is -2.14. The van der Waals surface area contributed by atoms with E-state index in [2.05, 4.69) is 24.1 Å². The molecule has 4 nitrogen and oxygen atoms in total. The average molecular weight is 359 g/mol. The molecule has 0 bridgehead atoms. The highest BCUT2D eigenvalue weighted by Crippen LogP contribution is 2.20. The lowest BCUT2D eigenvalue weighted by Crippen LogP contribution is -2.13. The van der Waals surface area contributed by atoms with E-state index >= 15 is 0 Å². The summed E-state index contributed by atoms with van der Waals surface area (Å²) < 4.78 is 5.83. The summed E-state index contributed by atoms with van der Waals surface area (Å²) in [4.78, 5) is 4.40.